The minimum atomic E-state index is 0.256. The fraction of sp³-hybridized carbons (Fsp3) is 0.650. The molecule has 1 aromatic rings. The number of benzene rings is 1. The Balaban J connectivity index is 1.42. The topological polar surface area (TPSA) is 40.1 Å². The molecule has 5 nitrogen and oxygen atoms in total. The van der Waals surface area contributed by atoms with Crippen LogP contribution >= 0.6 is 0 Å². The molecular formula is C20H32N4O. The van der Waals surface area contributed by atoms with Crippen LogP contribution in [0.15, 0.2) is 35.3 Å². The molecule has 0 aliphatic carbocycles. The van der Waals surface area contributed by atoms with Crippen molar-refractivity contribution < 1.29 is 4.74 Å². The van der Waals surface area contributed by atoms with Gasteiger partial charge in [-0.2, -0.15) is 0 Å². The highest BCUT2D eigenvalue weighted by atomic mass is 16.5. The molecular weight excluding hydrogens is 312 g/mol. The molecule has 2 heterocycles. The summed E-state index contributed by atoms with van der Waals surface area (Å²) in [6, 6.07) is 10.9. The fourth-order valence-corrected chi connectivity index (χ4v) is 3.82. The van der Waals surface area contributed by atoms with Crippen molar-refractivity contribution in [3.63, 3.8) is 0 Å². The van der Waals surface area contributed by atoms with Crippen LogP contribution in [0.25, 0.3) is 0 Å². The van der Waals surface area contributed by atoms with Crippen LogP contribution in [0.3, 0.4) is 0 Å². The van der Waals surface area contributed by atoms with Gasteiger partial charge in [0.2, 0.25) is 0 Å². The van der Waals surface area contributed by atoms with Crippen molar-refractivity contribution in [2.45, 2.75) is 25.4 Å². The maximum Gasteiger partial charge on any atom is 0.193 e. The van der Waals surface area contributed by atoms with Gasteiger partial charge >= 0.3 is 0 Å². The number of piperidine rings is 1. The molecule has 1 aromatic carbocycles. The van der Waals surface area contributed by atoms with E-state index in [1.165, 1.54) is 24.8 Å². The largest absolute Gasteiger partial charge is 0.374 e. The van der Waals surface area contributed by atoms with Gasteiger partial charge in [0.15, 0.2) is 5.96 Å². The summed E-state index contributed by atoms with van der Waals surface area (Å²) in [5.41, 5.74) is 1.46. The van der Waals surface area contributed by atoms with E-state index in [2.05, 4.69) is 57.5 Å². The third-order valence-corrected chi connectivity index (χ3v) is 5.32. The second kappa shape index (κ2) is 9.20. The Morgan fingerprint density at radius 3 is 2.64 bits per heavy atom. The quantitative estimate of drug-likeness (QED) is 0.668. The van der Waals surface area contributed by atoms with E-state index in [9.17, 15) is 0 Å². The summed E-state index contributed by atoms with van der Waals surface area (Å²) < 4.78 is 5.84. The Bertz CT molecular complexity index is 540. The summed E-state index contributed by atoms with van der Waals surface area (Å²) in [7, 11) is 4.04. The Kier molecular flexibility index (Phi) is 6.70. The van der Waals surface area contributed by atoms with E-state index >= 15 is 0 Å². The van der Waals surface area contributed by atoms with E-state index in [-0.39, 0.29) is 6.10 Å². The van der Waals surface area contributed by atoms with Gasteiger partial charge < -0.3 is 19.9 Å². The Labute approximate surface area is 152 Å². The van der Waals surface area contributed by atoms with Crippen molar-refractivity contribution in [1.29, 1.82) is 0 Å². The second-order valence-corrected chi connectivity index (χ2v) is 7.30. The molecule has 1 atom stereocenters. The van der Waals surface area contributed by atoms with Crippen LogP contribution in [-0.2, 0) is 11.2 Å². The zero-order valence-corrected chi connectivity index (χ0v) is 15.7. The molecule has 2 fully saturated rings. The molecule has 3 rings (SSSR count). The molecule has 0 bridgehead atoms. The molecule has 0 radical (unpaired) electrons. The average molecular weight is 345 g/mol. The number of hydrogen-bond donors (Lipinski definition) is 1. The lowest BCUT2D eigenvalue weighted by Crippen LogP contribution is -2.51. The standard InChI is InChI=1S/C20H32N4O/c1-21-20(22-15-19-16-23(2)12-13-25-19)24-10-8-18(9-11-24)14-17-6-4-3-5-7-17/h3-7,18-19H,8-16H2,1-2H3,(H,21,22). The lowest BCUT2D eigenvalue weighted by molar-refractivity contribution is -0.0164. The Morgan fingerprint density at radius 1 is 1.20 bits per heavy atom. The molecule has 2 saturated heterocycles. The fourth-order valence-electron chi connectivity index (χ4n) is 3.82. The lowest BCUT2D eigenvalue weighted by atomic mass is 9.90. The van der Waals surface area contributed by atoms with Crippen LogP contribution in [0.5, 0.6) is 0 Å². The van der Waals surface area contributed by atoms with Gasteiger partial charge in [-0.15, -0.1) is 0 Å². The summed E-state index contributed by atoms with van der Waals surface area (Å²) in [6.07, 6.45) is 3.92. The highest BCUT2D eigenvalue weighted by Gasteiger charge is 2.23. The molecule has 2 aliphatic rings. The maximum absolute atomic E-state index is 5.84. The number of morpholine rings is 1. The molecule has 2 aliphatic heterocycles. The SMILES string of the molecule is CN=C(NCC1CN(C)CCO1)N1CCC(Cc2ccccc2)CC1. The number of likely N-dealkylation sites (N-methyl/N-ethyl adjacent to an activating group) is 1. The molecule has 0 amide bonds. The van der Waals surface area contributed by atoms with E-state index in [1.54, 1.807) is 0 Å². The minimum Gasteiger partial charge on any atom is -0.374 e. The number of ether oxygens (including phenoxy) is 1. The summed E-state index contributed by atoms with van der Waals surface area (Å²) >= 11 is 0. The van der Waals surface area contributed by atoms with E-state index in [0.29, 0.717) is 0 Å². The predicted molar refractivity (Wildman–Crippen MR) is 103 cm³/mol. The van der Waals surface area contributed by atoms with E-state index in [4.69, 9.17) is 4.74 Å². The number of likely N-dealkylation sites (tertiary alicyclic amines) is 1. The van der Waals surface area contributed by atoms with Crippen molar-refractivity contribution in [1.82, 2.24) is 15.1 Å². The third kappa shape index (κ3) is 5.44. The van der Waals surface area contributed by atoms with E-state index in [0.717, 1.165) is 51.2 Å². The summed E-state index contributed by atoms with van der Waals surface area (Å²) in [5.74, 6) is 1.81. The van der Waals surface area contributed by atoms with Gasteiger partial charge in [0.25, 0.3) is 0 Å². The lowest BCUT2D eigenvalue weighted by Gasteiger charge is -2.35. The summed E-state index contributed by atoms with van der Waals surface area (Å²) in [4.78, 5) is 9.21. The first kappa shape index (κ1) is 18.2. The van der Waals surface area contributed by atoms with Gasteiger partial charge in [-0.05, 0) is 37.8 Å². The Hall–Kier alpha value is -1.59. The predicted octanol–water partition coefficient (Wildman–Crippen LogP) is 1.85. The van der Waals surface area contributed by atoms with Gasteiger partial charge in [0.1, 0.15) is 0 Å². The van der Waals surface area contributed by atoms with Crippen LogP contribution in [0, 0.1) is 5.92 Å². The second-order valence-electron chi connectivity index (χ2n) is 7.30. The highest BCUT2D eigenvalue weighted by Crippen LogP contribution is 2.21. The minimum absolute atomic E-state index is 0.256. The molecule has 0 spiro atoms. The first-order valence-electron chi connectivity index (χ1n) is 9.54. The van der Waals surface area contributed by atoms with Gasteiger partial charge in [-0.25, -0.2) is 0 Å². The molecule has 25 heavy (non-hydrogen) atoms. The van der Waals surface area contributed by atoms with Gasteiger partial charge in [0, 0.05) is 39.8 Å². The molecule has 1 N–H and O–H groups in total. The monoisotopic (exact) mass is 344 g/mol. The number of aliphatic imine (C=N–C) groups is 1. The first-order chi connectivity index (χ1) is 12.2. The van der Waals surface area contributed by atoms with Crippen LogP contribution in [-0.4, -0.2) is 75.3 Å². The average Bonchev–Trinajstić information content (AvgIpc) is 2.64. The molecule has 5 heteroatoms. The van der Waals surface area contributed by atoms with Crippen molar-refractivity contribution in [3.8, 4) is 0 Å². The third-order valence-electron chi connectivity index (χ3n) is 5.32. The van der Waals surface area contributed by atoms with Crippen LogP contribution in [0.2, 0.25) is 0 Å². The summed E-state index contributed by atoms with van der Waals surface area (Å²) in [6.45, 7) is 5.85. The molecule has 0 aromatic heterocycles. The molecule has 0 saturated carbocycles. The zero-order valence-electron chi connectivity index (χ0n) is 15.7. The maximum atomic E-state index is 5.84. The number of rotatable bonds is 4. The number of nitrogens with one attached hydrogen (secondary N) is 1. The Morgan fingerprint density at radius 2 is 1.96 bits per heavy atom. The number of hydrogen-bond acceptors (Lipinski definition) is 3. The summed E-state index contributed by atoms with van der Waals surface area (Å²) in [5, 5.41) is 3.52. The first-order valence-corrected chi connectivity index (χ1v) is 9.54. The van der Waals surface area contributed by atoms with Crippen molar-refractivity contribution in [2.75, 3.05) is 53.4 Å². The highest BCUT2D eigenvalue weighted by molar-refractivity contribution is 5.80. The van der Waals surface area contributed by atoms with Gasteiger partial charge in [0.05, 0.1) is 12.7 Å². The van der Waals surface area contributed by atoms with Crippen LogP contribution < -0.4 is 5.32 Å². The molecule has 138 valence electrons. The normalized spacial score (nSPS) is 23.7. The molecule has 1 unspecified atom stereocenters. The van der Waals surface area contributed by atoms with Crippen molar-refractivity contribution >= 4 is 5.96 Å². The smallest absolute Gasteiger partial charge is 0.193 e. The zero-order chi connectivity index (χ0) is 17.5. The van der Waals surface area contributed by atoms with Gasteiger partial charge in [-0.3, -0.25) is 4.99 Å². The van der Waals surface area contributed by atoms with Crippen molar-refractivity contribution in [3.05, 3.63) is 35.9 Å². The number of guanidine groups is 1. The van der Waals surface area contributed by atoms with E-state index in [1.807, 2.05) is 7.05 Å². The number of nitrogens with zero attached hydrogens (tertiary/aromatic N) is 3. The van der Waals surface area contributed by atoms with Crippen LogP contribution in [0.4, 0.5) is 0 Å². The van der Waals surface area contributed by atoms with E-state index < -0.39 is 0 Å². The van der Waals surface area contributed by atoms with Crippen LogP contribution in [0.1, 0.15) is 18.4 Å². The van der Waals surface area contributed by atoms with Gasteiger partial charge in [-0.1, -0.05) is 30.3 Å². The van der Waals surface area contributed by atoms with Crippen molar-refractivity contribution in [2.24, 2.45) is 10.9 Å².